The summed E-state index contributed by atoms with van der Waals surface area (Å²) in [7, 11) is 4.98. The maximum absolute atomic E-state index is 16.8. The van der Waals surface area contributed by atoms with Crippen molar-refractivity contribution < 1.29 is 32.5 Å². The first-order valence-corrected chi connectivity index (χ1v) is 14.5. The number of ether oxygens (including phenoxy) is 3. The number of aromatic nitrogens is 2. The largest absolute Gasteiger partial charge is 0.507 e. The quantitative estimate of drug-likeness (QED) is 0.236. The number of halogens is 3. The number of nitrogens with zero attached hydrogens (tertiary/aromatic N) is 4. The van der Waals surface area contributed by atoms with Crippen LogP contribution in [0.4, 0.5) is 19.0 Å². The SMILES string of the molecule is CCc1c(F)ccc2cc(OCOC)cc(-c3c(O)cc4c(N(C)C)nc(OC[C@@]56CCCN5C[C@H](F)C6)nc4c3F)c12. The van der Waals surface area contributed by atoms with Crippen molar-refractivity contribution in [2.24, 2.45) is 0 Å². The van der Waals surface area contributed by atoms with Crippen LogP contribution in [-0.4, -0.2) is 79.4 Å². The Bertz CT molecular complexity index is 1700. The number of fused-ring (bicyclic) bond motifs is 3. The number of aryl methyl sites for hydroxylation is 1. The van der Waals surface area contributed by atoms with E-state index in [0.29, 0.717) is 47.3 Å². The Balaban J connectivity index is 1.52. The lowest BCUT2D eigenvalue weighted by molar-refractivity contribution is 0.0512. The van der Waals surface area contributed by atoms with Crippen LogP contribution in [0.25, 0.3) is 32.8 Å². The lowest BCUT2D eigenvalue weighted by Crippen LogP contribution is -2.43. The lowest BCUT2D eigenvalue weighted by Gasteiger charge is -2.31. The van der Waals surface area contributed by atoms with Gasteiger partial charge >= 0.3 is 6.01 Å². The molecule has 43 heavy (non-hydrogen) atoms. The normalized spacial score (nSPS) is 20.2. The van der Waals surface area contributed by atoms with Crippen molar-refractivity contribution in [2.75, 3.05) is 52.6 Å². The highest BCUT2D eigenvalue weighted by Crippen LogP contribution is 2.45. The fourth-order valence-electron chi connectivity index (χ4n) is 6.73. The summed E-state index contributed by atoms with van der Waals surface area (Å²) < 4.78 is 62.9. The molecule has 2 aliphatic rings. The van der Waals surface area contributed by atoms with Crippen molar-refractivity contribution in [1.29, 1.82) is 0 Å². The second kappa shape index (κ2) is 11.3. The third-order valence-corrected chi connectivity index (χ3v) is 8.63. The molecule has 0 radical (unpaired) electrons. The van der Waals surface area contributed by atoms with Crippen molar-refractivity contribution in [3.63, 3.8) is 0 Å². The summed E-state index contributed by atoms with van der Waals surface area (Å²) in [6, 6.07) is 7.62. The third-order valence-electron chi connectivity index (χ3n) is 8.63. The van der Waals surface area contributed by atoms with Crippen LogP contribution < -0.4 is 14.4 Å². The molecule has 0 aliphatic carbocycles. The van der Waals surface area contributed by atoms with E-state index in [4.69, 9.17) is 14.2 Å². The van der Waals surface area contributed by atoms with Gasteiger partial charge in [-0.1, -0.05) is 13.0 Å². The van der Waals surface area contributed by atoms with Gasteiger partial charge in [0.15, 0.2) is 12.6 Å². The van der Waals surface area contributed by atoms with E-state index in [-0.39, 0.29) is 47.2 Å². The molecule has 0 amide bonds. The molecule has 11 heteroatoms. The molecule has 3 aromatic carbocycles. The molecular formula is C32H35F3N4O4. The number of anilines is 1. The van der Waals surface area contributed by atoms with Crippen LogP contribution in [0.2, 0.25) is 0 Å². The number of methoxy groups -OCH3 is 1. The predicted octanol–water partition coefficient (Wildman–Crippen LogP) is 6.00. The highest BCUT2D eigenvalue weighted by Gasteiger charge is 2.49. The minimum atomic E-state index is -0.918. The molecule has 0 unspecified atom stereocenters. The van der Waals surface area contributed by atoms with E-state index in [2.05, 4.69) is 14.9 Å². The predicted molar refractivity (Wildman–Crippen MR) is 159 cm³/mol. The van der Waals surface area contributed by atoms with E-state index in [1.165, 1.54) is 19.2 Å². The first-order chi connectivity index (χ1) is 20.7. The average Bonchev–Trinajstić information content (AvgIpc) is 3.50. The summed E-state index contributed by atoms with van der Waals surface area (Å²) in [6.07, 6.45) is 1.56. The Morgan fingerprint density at radius 1 is 1.14 bits per heavy atom. The summed E-state index contributed by atoms with van der Waals surface area (Å²) >= 11 is 0. The Hall–Kier alpha value is -3.83. The third kappa shape index (κ3) is 5.08. The molecule has 8 nitrogen and oxygen atoms in total. The van der Waals surface area contributed by atoms with E-state index in [0.717, 1.165) is 19.4 Å². The molecule has 2 aliphatic heterocycles. The minimum absolute atomic E-state index is 0.0439. The number of phenolic OH excluding ortho intramolecular Hbond substituents is 1. The van der Waals surface area contributed by atoms with Crippen LogP contribution in [0.1, 0.15) is 31.7 Å². The van der Waals surface area contributed by atoms with E-state index in [1.54, 1.807) is 37.2 Å². The first-order valence-electron chi connectivity index (χ1n) is 14.5. The van der Waals surface area contributed by atoms with Gasteiger partial charge in [0.1, 0.15) is 41.4 Å². The molecule has 228 valence electrons. The highest BCUT2D eigenvalue weighted by molar-refractivity contribution is 6.04. The minimum Gasteiger partial charge on any atom is -0.507 e. The number of phenols is 1. The molecule has 0 saturated carbocycles. The Morgan fingerprint density at radius 2 is 1.95 bits per heavy atom. The fraction of sp³-hybridized carbons (Fsp3) is 0.438. The zero-order valence-electron chi connectivity index (χ0n) is 24.7. The zero-order valence-corrected chi connectivity index (χ0v) is 24.7. The monoisotopic (exact) mass is 596 g/mol. The summed E-state index contributed by atoms with van der Waals surface area (Å²) in [5.74, 6) is -0.896. The second-order valence-electron chi connectivity index (χ2n) is 11.6. The van der Waals surface area contributed by atoms with Crippen molar-refractivity contribution in [3.05, 3.63) is 47.5 Å². The Morgan fingerprint density at radius 3 is 2.70 bits per heavy atom. The summed E-state index contributed by atoms with van der Waals surface area (Å²) in [5.41, 5.74) is -0.00980. The maximum atomic E-state index is 16.8. The van der Waals surface area contributed by atoms with Crippen molar-refractivity contribution in [2.45, 2.75) is 44.3 Å². The second-order valence-corrected chi connectivity index (χ2v) is 11.6. The van der Waals surface area contributed by atoms with Gasteiger partial charge in [0.05, 0.1) is 11.1 Å². The molecule has 1 aromatic heterocycles. The van der Waals surface area contributed by atoms with Crippen LogP contribution in [0, 0.1) is 11.6 Å². The van der Waals surface area contributed by atoms with Gasteiger partial charge in [0.25, 0.3) is 0 Å². The van der Waals surface area contributed by atoms with Gasteiger partial charge in [-0.3, -0.25) is 4.90 Å². The standard InChI is InChI=1S/C32H35F3N4O4/c1-5-21-24(34)8-7-18-11-20(43-17-41-4)12-22(26(18)21)27-25(40)13-23-29(28(27)35)36-31(37-30(23)38(2)3)42-16-32-9-6-10-39(32)15-19(33)14-32/h7-8,11-13,19,40H,5-6,9-10,14-17H2,1-4H3/t19-,32+/m1/s1. The number of hydrogen-bond donors (Lipinski definition) is 1. The molecule has 2 fully saturated rings. The van der Waals surface area contributed by atoms with Gasteiger partial charge in [-0.15, -0.1) is 0 Å². The molecule has 1 N–H and O–H groups in total. The van der Waals surface area contributed by atoms with Crippen LogP contribution in [0.5, 0.6) is 17.5 Å². The van der Waals surface area contributed by atoms with Gasteiger partial charge in [-0.05, 0) is 66.4 Å². The van der Waals surface area contributed by atoms with E-state index in [1.807, 2.05) is 6.92 Å². The summed E-state index contributed by atoms with van der Waals surface area (Å²) in [5, 5.41) is 12.7. The van der Waals surface area contributed by atoms with Gasteiger partial charge in [0, 0.05) is 45.1 Å². The number of hydrogen-bond acceptors (Lipinski definition) is 8. The number of alkyl halides is 1. The average molecular weight is 597 g/mol. The Labute approximate surface area is 248 Å². The van der Waals surface area contributed by atoms with Crippen LogP contribution in [-0.2, 0) is 11.2 Å². The molecule has 2 saturated heterocycles. The molecule has 0 bridgehead atoms. The Kier molecular flexibility index (Phi) is 7.72. The van der Waals surface area contributed by atoms with E-state index in [9.17, 15) is 9.50 Å². The topological polar surface area (TPSA) is 80.2 Å². The molecule has 3 heterocycles. The van der Waals surface area contributed by atoms with Crippen LogP contribution >= 0.6 is 0 Å². The van der Waals surface area contributed by atoms with Gasteiger partial charge in [-0.2, -0.15) is 9.97 Å². The van der Waals surface area contributed by atoms with E-state index >= 15 is 8.78 Å². The highest BCUT2D eigenvalue weighted by atomic mass is 19.1. The summed E-state index contributed by atoms with van der Waals surface area (Å²) in [4.78, 5) is 12.8. The maximum Gasteiger partial charge on any atom is 0.319 e. The molecule has 0 spiro atoms. The molecule has 4 aromatic rings. The number of aromatic hydroxyl groups is 1. The van der Waals surface area contributed by atoms with Gasteiger partial charge < -0.3 is 24.2 Å². The smallest absolute Gasteiger partial charge is 0.319 e. The number of benzene rings is 3. The molecule has 2 atom stereocenters. The van der Waals surface area contributed by atoms with Crippen molar-refractivity contribution in [1.82, 2.24) is 14.9 Å². The summed E-state index contributed by atoms with van der Waals surface area (Å²) in [6.45, 7) is 3.13. The van der Waals surface area contributed by atoms with Crippen molar-refractivity contribution >= 4 is 27.5 Å². The van der Waals surface area contributed by atoms with Crippen LogP contribution in [0.3, 0.4) is 0 Å². The molecular weight excluding hydrogens is 561 g/mol. The van der Waals surface area contributed by atoms with Crippen molar-refractivity contribution in [3.8, 4) is 28.6 Å². The van der Waals surface area contributed by atoms with E-state index < -0.39 is 23.3 Å². The lowest BCUT2D eigenvalue weighted by atomic mass is 9.91. The number of rotatable bonds is 9. The first kappa shape index (κ1) is 29.3. The fourth-order valence-corrected chi connectivity index (χ4v) is 6.73. The van der Waals surface area contributed by atoms with Gasteiger partial charge in [-0.25, -0.2) is 13.2 Å². The van der Waals surface area contributed by atoms with Crippen LogP contribution in [0.15, 0.2) is 30.3 Å². The zero-order chi connectivity index (χ0) is 30.5. The van der Waals surface area contributed by atoms with Gasteiger partial charge in [0.2, 0.25) is 0 Å². The molecule has 6 rings (SSSR count).